The lowest BCUT2D eigenvalue weighted by Crippen LogP contribution is -2.30. The number of esters is 3. The lowest BCUT2D eigenvalue weighted by molar-refractivity contribution is -0.167. The first-order chi connectivity index (χ1) is 34.0. The highest BCUT2D eigenvalue weighted by Gasteiger charge is 2.19. The number of ether oxygens (including phenoxy) is 3. The molecule has 0 aromatic rings. The van der Waals surface area contributed by atoms with Gasteiger partial charge in [-0.2, -0.15) is 0 Å². The second-order valence-electron chi connectivity index (χ2n) is 18.5. The van der Waals surface area contributed by atoms with Gasteiger partial charge in [-0.3, -0.25) is 14.4 Å². The molecule has 0 amide bonds. The molecule has 1 atom stereocenters. The van der Waals surface area contributed by atoms with E-state index in [0.717, 1.165) is 141 Å². The van der Waals surface area contributed by atoms with Crippen LogP contribution in [-0.4, -0.2) is 37.2 Å². The fourth-order valence-electron chi connectivity index (χ4n) is 7.52. The van der Waals surface area contributed by atoms with E-state index >= 15 is 0 Å². The molecule has 0 saturated heterocycles. The zero-order valence-corrected chi connectivity index (χ0v) is 44.8. The third kappa shape index (κ3) is 54.9. The second kappa shape index (κ2) is 56.7. The molecule has 6 heteroatoms. The summed E-state index contributed by atoms with van der Waals surface area (Å²) >= 11 is 0. The van der Waals surface area contributed by atoms with Gasteiger partial charge in [0.05, 0.1) is 0 Å². The molecular weight excluding hydrogens is 853 g/mol. The van der Waals surface area contributed by atoms with Crippen molar-refractivity contribution in [3.8, 4) is 0 Å². The molecule has 0 heterocycles. The molecule has 0 aromatic heterocycles. The smallest absolute Gasteiger partial charge is 0.306 e. The summed E-state index contributed by atoms with van der Waals surface area (Å²) in [5, 5.41) is 0. The largest absolute Gasteiger partial charge is 0.462 e. The summed E-state index contributed by atoms with van der Waals surface area (Å²) in [4.78, 5) is 37.7. The molecule has 0 aliphatic heterocycles. The van der Waals surface area contributed by atoms with E-state index in [1.165, 1.54) is 70.6 Å². The van der Waals surface area contributed by atoms with Gasteiger partial charge in [0.2, 0.25) is 0 Å². The van der Waals surface area contributed by atoms with Crippen molar-refractivity contribution in [2.24, 2.45) is 0 Å². The van der Waals surface area contributed by atoms with E-state index < -0.39 is 6.10 Å². The predicted octanol–water partition coefficient (Wildman–Crippen LogP) is 19.1. The van der Waals surface area contributed by atoms with Gasteiger partial charge in [0.25, 0.3) is 0 Å². The molecule has 0 aromatic carbocycles. The zero-order chi connectivity index (χ0) is 50.0. The number of carbonyl (C=O) groups excluding carboxylic acids is 3. The standard InChI is InChI=1S/C63H104O6/c1-4-7-10-13-15-17-19-21-22-23-24-25-26-27-28-29-30-31-32-33-34-35-36-37-38-39-40-42-43-45-47-50-53-56-62(65)68-59-60(58-67-61(64)55-52-49-12-9-6-3)69-63(66)57-54-51-48-46-44-41-20-18-16-14-11-8-5-2/h7,10-11,14-15,17-18,20-22,24-25,27-28,30-31,33-34,60H,4-6,8-9,12-13,16,19,23,26,29,32,35-59H2,1-3H3/b10-7-,14-11-,17-15-,20-18-,22-21-,25-24-,28-27-,31-30-,34-33-. The highest BCUT2D eigenvalue weighted by molar-refractivity contribution is 5.71. The molecular formula is C63H104O6. The first kappa shape index (κ1) is 65.1. The van der Waals surface area contributed by atoms with Crippen molar-refractivity contribution in [1.29, 1.82) is 0 Å². The lowest BCUT2D eigenvalue weighted by Gasteiger charge is -2.18. The molecule has 6 nitrogen and oxygen atoms in total. The summed E-state index contributed by atoms with van der Waals surface area (Å²) in [6.07, 6.45) is 77.0. The Morgan fingerprint density at radius 3 is 0.942 bits per heavy atom. The van der Waals surface area contributed by atoms with Crippen LogP contribution in [0.3, 0.4) is 0 Å². The van der Waals surface area contributed by atoms with Crippen molar-refractivity contribution in [2.75, 3.05) is 13.2 Å². The molecule has 0 fully saturated rings. The van der Waals surface area contributed by atoms with Crippen LogP contribution < -0.4 is 0 Å². The first-order valence-corrected chi connectivity index (χ1v) is 28.4. The molecule has 69 heavy (non-hydrogen) atoms. The number of rotatable bonds is 50. The lowest BCUT2D eigenvalue weighted by atomic mass is 10.0. The first-order valence-electron chi connectivity index (χ1n) is 28.4. The van der Waals surface area contributed by atoms with Gasteiger partial charge in [0.15, 0.2) is 6.10 Å². The normalized spacial score (nSPS) is 12.9. The topological polar surface area (TPSA) is 78.9 Å². The highest BCUT2D eigenvalue weighted by Crippen LogP contribution is 2.15. The van der Waals surface area contributed by atoms with Crippen LogP contribution in [0.2, 0.25) is 0 Å². The Balaban J connectivity index is 4.02. The molecule has 0 saturated carbocycles. The summed E-state index contributed by atoms with van der Waals surface area (Å²) in [6, 6.07) is 0. The number of hydrogen-bond donors (Lipinski definition) is 0. The van der Waals surface area contributed by atoms with Crippen LogP contribution in [-0.2, 0) is 28.6 Å². The Hall–Kier alpha value is -3.93. The van der Waals surface area contributed by atoms with Crippen molar-refractivity contribution < 1.29 is 28.6 Å². The minimum absolute atomic E-state index is 0.0849. The molecule has 392 valence electrons. The van der Waals surface area contributed by atoms with Gasteiger partial charge in [0.1, 0.15) is 13.2 Å². The maximum Gasteiger partial charge on any atom is 0.306 e. The Labute approximate surface area is 425 Å². The van der Waals surface area contributed by atoms with Crippen molar-refractivity contribution in [3.05, 3.63) is 109 Å². The van der Waals surface area contributed by atoms with E-state index in [1.54, 1.807) is 0 Å². The Morgan fingerprint density at radius 1 is 0.304 bits per heavy atom. The minimum Gasteiger partial charge on any atom is -0.462 e. The van der Waals surface area contributed by atoms with Gasteiger partial charge in [0, 0.05) is 19.3 Å². The third-order valence-corrected chi connectivity index (χ3v) is 11.7. The van der Waals surface area contributed by atoms with Crippen LogP contribution in [0.4, 0.5) is 0 Å². The molecule has 0 radical (unpaired) electrons. The maximum absolute atomic E-state index is 12.7. The summed E-state index contributed by atoms with van der Waals surface area (Å²) in [5.41, 5.74) is 0. The van der Waals surface area contributed by atoms with Crippen LogP contribution in [0.25, 0.3) is 0 Å². The predicted molar refractivity (Wildman–Crippen MR) is 297 cm³/mol. The van der Waals surface area contributed by atoms with E-state index in [2.05, 4.69) is 130 Å². The van der Waals surface area contributed by atoms with E-state index in [4.69, 9.17) is 14.2 Å². The molecule has 0 spiro atoms. The number of carbonyl (C=O) groups is 3. The van der Waals surface area contributed by atoms with E-state index in [0.29, 0.717) is 19.3 Å². The van der Waals surface area contributed by atoms with Crippen molar-refractivity contribution in [3.63, 3.8) is 0 Å². The number of unbranched alkanes of at least 4 members (excludes halogenated alkanes) is 21. The minimum atomic E-state index is -0.782. The summed E-state index contributed by atoms with van der Waals surface area (Å²) in [5.74, 6) is -0.919. The average molecular weight is 958 g/mol. The van der Waals surface area contributed by atoms with E-state index in [9.17, 15) is 14.4 Å². The van der Waals surface area contributed by atoms with Crippen molar-refractivity contribution >= 4 is 17.9 Å². The van der Waals surface area contributed by atoms with Gasteiger partial charge in [-0.15, -0.1) is 0 Å². The molecule has 0 aliphatic carbocycles. The van der Waals surface area contributed by atoms with E-state index in [1.807, 2.05) is 0 Å². The van der Waals surface area contributed by atoms with Crippen LogP contribution >= 0.6 is 0 Å². The molecule has 0 bridgehead atoms. The Morgan fingerprint density at radius 2 is 0.594 bits per heavy atom. The average Bonchev–Trinajstić information content (AvgIpc) is 3.35. The van der Waals surface area contributed by atoms with Gasteiger partial charge >= 0.3 is 17.9 Å². The van der Waals surface area contributed by atoms with Gasteiger partial charge in [-0.05, 0) is 103 Å². The van der Waals surface area contributed by atoms with Crippen molar-refractivity contribution in [1.82, 2.24) is 0 Å². The Kier molecular flexibility index (Phi) is 53.4. The molecule has 0 N–H and O–H groups in total. The van der Waals surface area contributed by atoms with Crippen LogP contribution in [0, 0.1) is 0 Å². The summed E-state index contributed by atoms with van der Waals surface area (Å²) in [7, 11) is 0. The Bertz CT molecular complexity index is 1420. The van der Waals surface area contributed by atoms with Gasteiger partial charge in [-0.1, -0.05) is 239 Å². The van der Waals surface area contributed by atoms with Crippen LogP contribution in [0.1, 0.15) is 252 Å². The van der Waals surface area contributed by atoms with Crippen molar-refractivity contribution in [2.45, 2.75) is 258 Å². The zero-order valence-electron chi connectivity index (χ0n) is 44.8. The monoisotopic (exact) mass is 957 g/mol. The number of allylic oxidation sites excluding steroid dienone is 18. The second-order valence-corrected chi connectivity index (χ2v) is 18.5. The third-order valence-electron chi connectivity index (χ3n) is 11.7. The summed E-state index contributed by atoms with van der Waals surface area (Å²) in [6.45, 7) is 6.35. The summed E-state index contributed by atoms with van der Waals surface area (Å²) < 4.78 is 16.7. The van der Waals surface area contributed by atoms with Crippen LogP contribution in [0.15, 0.2) is 109 Å². The fraction of sp³-hybridized carbons (Fsp3) is 0.667. The fourth-order valence-corrected chi connectivity index (χ4v) is 7.52. The molecule has 0 aliphatic rings. The van der Waals surface area contributed by atoms with Gasteiger partial charge in [-0.25, -0.2) is 0 Å². The number of hydrogen-bond acceptors (Lipinski definition) is 6. The maximum atomic E-state index is 12.7. The van der Waals surface area contributed by atoms with Gasteiger partial charge < -0.3 is 14.2 Å². The molecule has 0 rings (SSSR count). The quantitative estimate of drug-likeness (QED) is 0.0262. The SMILES string of the molecule is CC/C=C\C/C=C\C/C=C\C/C=C\C/C=C\C/C=C\C/C=C\CCCCCCCCCCCCCC(=O)OCC(COC(=O)CCCCCCC)OC(=O)CCCCCCC/C=C\C/C=C\CCC. The van der Waals surface area contributed by atoms with E-state index in [-0.39, 0.29) is 31.1 Å². The molecule has 1 unspecified atom stereocenters. The highest BCUT2D eigenvalue weighted by atomic mass is 16.6. The van der Waals surface area contributed by atoms with Crippen LogP contribution in [0.5, 0.6) is 0 Å².